The molecule has 0 amide bonds. The molecular weight excluding hydrogens is 266 g/mol. The summed E-state index contributed by atoms with van der Waals surface area (Å²) in [5, 5.41) is 1.63. The van der Waals surface area contributed by atoms with E-state index in [1.165, 1.54) is 11.8 Å². The number of fused-ring (bicyclic) bond motifs is 1. The van der Waals surface area contributed by atoms with Gasteiger partial charge in [-0.1, -0.05) is 11.8 Å². The first kappa shape index (κ1) is 17.6. The SMILES string of the molecule is CSc1ncc2c(C)cc(=O)n(C(C)C)c2n1.O.O. The van der Waals surface area contributed by atoms with Gasteiger partial charge in [-0.25, -0.2) is 9.97 Å². The van der Waals surface area contributed by atoms with E-state index in [2.05, 4.69) is 9.97 Å². The smallest absolute Gasteiger partial charge is 0.252 e. The van der Waals surface area contributed by atoms with Gasteiger partial charge in [0.05, 0.1) is 0 Å². The van der Waals surface area contributed by atoms with Gasteiger partial charge in [0.1, 0.15) is 5.65 Å². The lowest BCUT2D eigenvalue weighted by molar-refractivity contribution is 0.592. The zero-order valence-electron chi connectivity index (χ0n) is 11.4. The Hall–Kier alpha value is -1.44. The first-order valence-corrected chi connectivity index (χ1v) is 6.70. The fourth-order valence-corrected chi connectivity index (χ4v) is 2.19. The van der Waals surface area contributed by atoms with E-state index in [-0.39, 0.29) is 22.6 Å². The second-order valence-electron chi connectivity index (χ2n) is 4.22. The Balaban J connectivity index is 0.00000162. The molecule has 7 heteroatoms. The third-order valence-corrected chi connectivity index (χ3v) is 3.24. The molecule has 2 heterocycles. The van der Waals surface area contributed by atoms with Gasteiger partial charge in [-0.3, -0.25) is 9.36 Å². The number of pyridine rings is 1. The van der Waals surface area contributed by atoms with Crippen molar-refractivity contribution < 1.29 is 11.0 Å². The first-order chi connectivity index (χ1) is 8.04. The van der Waals surface area contributed by atoms with Crippen LogP contribution >= 0.6 is 11.8 Å². The summed E-state index contributed by atoms with van der Waals surface area (Å²) in [6, 6.07) is 1.74. The van der Waals surface area contributed by atoms with Crippen molar-refractivity contribution in [2.24, 2.45) is 0 Å². The van der Waals surface area contributed by atoms with E-state index >= 15 is 0 Å². The molecule has 0 fully saturated rings. The molecule has 0 aromatic carbocycles. The number of nitrogens with zero attached hydrogens (tertiary/aromatic N) is 3. The molecule has 106 valence electrons. The molecule has 19 heavy (non-hydrogen) atoms. The standard InChI is InChI=1S/C12H15N3OS.2H2O/c1-7(2)15-10(16)5-8(3)9-6-13-12(17-4)14-11(9)15;;/h5-7H,1-4H3;2*1H2. The molecule has 0 bridgehead atoms. The van der Waals surface area contributed by atoms with Crippen LogP contribution in [0.3, 0.4) is 0 Å². The fourth-order valence-electron chi connectivity index (χ4n) is 1.85. The normalized spacial score (nSPS) is 10.2. The molecule has 0 saturated heterocycles. The van der Waals surface area contributed by atoms with Crippen molar-refractivity contribution in [1.29, 1.82) is 0 Å². The molecule has 2 aromatic rings. The molecule has 6 nitrogen and oxygen atoms in total. The van der Waals surface area contributed by atoms with Crippen molar-refractivity contribution in [2.75, 3.05) is 6.26 Å². The van der Waals surface area contributed by atoms with Gasteiger partial charge < -0.3 is 11.0 Å². The average Bonchev–Trinajstić information content (AvgIpc) is 2.27. The van der Waals surface area contributed by atoms with Crippen LogP contribution in [0.1, 0.15) is 25.5 Å². The lowest BCUT2D eigenvalue weighted by atomic mass is 10.2. The van der Waals surface area contributed by atoms with Crippen LogP contribution < -0.4 is 5.56 Å². The zero-order valence-corrected chi connectivity index (χ0v) is 12.2. The fraction of sp³-hybridized carbons (Fsp3) is 0.417. The maximum atomic E-state index is 12.0. The minimum atomic E-state index is -0.00393. The quantitative estimate of drug-likeness (QED) is 0.598. The van der Waals surface area contributed by atoms with Gasteiger partial charge in [-0.2, -0.15) is 0 Å². The van der Waals surface area contributed by atoms with E-state index in [9.17, 15) is 4.79 Å². The van der Waals surface area contributed by atoms with Crippen LogP contribution in [-0.4, -0.2) is 31.7 Å². The molecule has 0 aliphatic heterocycles. The van der Waals surface area contributed by atoms with Crippen LogP contribution in [0.4, 0.5) is 0 Å². The van der Waals surface area contributed by atoms with E-state index in [4.69, 9.17) is 0 Å². The van der Waals surface area contributed by atoms with Crippen molar-refractivity contribution in [2.45, 2.75) is 32.0 Å². The number of hydrogen-bond donors (Lipinski definition) is 0. The third-order valence-electron chi connectivity index (χ3n) is 2.68. The van der Waals surface area contributed by atoms with E-state index < -0.39 is 0 Å². The van der Waals surface area contributed by atoms with Crippen LogP contribution in [0.15, 0.2) is 22.2 Å². The predicted molar refractivity (Wildman–Crippen MR) is 77.9 cm³/mol. The second-order valence-corrected chi connectivity index (χ2v) is 5.00. The van der Waals surface area contributed by atoms with Gasteiger partial charge in [0.2, 0.25) is 0 Å². The highest BCUT2D eigenvalue weighted by Gasteiger charge is 2.11. The maximum absolute atomic E-state index is 12.0. The lowest BCUT2D eigenvalue weighted by Gasteiger charge is -2.14. The number of aromatic nitrogens is 3. The Kier molecular flexibility index (Phi) is 6.14. The van der Waals surface area contributed by atoms with Crippen LogP contribution in [0, 0.1) is 6.92 Å². The number of aryl methyl sites for hydroxylation is 1. The first-order valence-electron chi connectivity index (χ1n) is 5.47. The predicted octanol–water partition coefficient (Wildman–Crippen LogP) is 0.753. The highest BCUT2D eigenvalue weighted by molar-refractivity contribution is 7.98. The maximum Gasteiger partial charge on any atom is 0.252 e. The summed E-state index contributed by atoms with van der Waals surface area (Å²) in [6.07, 6.45) is 3.72. The van der Waals surface area contributed by atoms with Gasteiger partial charge in [-0.05, 0) is 32.6 Å². The monoisotopic (exact) mass is 285 g/mol. The Bertz CT molecular complexity index is 625. The van der Waals surface area contributed by atoms with Crippen LogP contribution in [0.2, 0.25) is 0 Å². The van der Waals surface area contributed by atoms with Gasteiger partial charge in [-0.15, -0.1) is 0 Å². The topological polar surface area (TPSA) is 111 Å². The van der Waals surface area contributed by atoms with E-state index in [0.717, 1.165) is 16.6 Å². The van der Waals surface area contributed by atoms with E-state index in [1.807, 2.05) is 27.0 Å². The molecular formula is C12H19N3O3S. The summed E-state index contributed by atoms with van der Waals surface area (Å²) >= 11 is 1.48. The summed E-state index contributed by atoms with van der Waals surface area (Å²) in [7, 11) is 0. The molecule has 0 spiro atoms. The average molecular weight is 285 g/mol. The highest BCUT2D eigenvalue weighted by atomic mass is 32.2. The van der Waals surface area contributed by atoms with Crippen LogP contribution in [-0.2, 0) is 0 Å². The van der Waals surface area contributed by atoms with Crippen molar-refractivity contribution in [1.82, 2.24) is 14.5 Å². The van der Waals surface area contributed by atoms with E-state index in [1.54, 1.807) is 16.8 Å². The van der Waals surface area contributed by atoms with E-state index in [0.29, 0.717) is 5.16 Å². The van der Waals surface area contributed by atoms with Crippen molar-refractivity contribution in [3.63, 3.8) is 0 Å². The van der Waals surface area contributed by atoms with Gasteiger partial charge >= 0.3 is 0 Å². The third kappa shape index (κ3) is 3.12. The second kappa shape index (κ2) is 6.65. The molecule has 0 atom stereocenters. The number of rotatable bonds is 2. The Morgan fingerprint density at radius 3 is 2.47 bits per heavy atom. The molecule has 0 saturated carbocycles. The summed E-state index contributed by atoms with van der Waals surface area (Å²) in [5.74, 6) is 0. The summed E-state index contributed by atoms with van der Waals surface area (Å²) in [4.78, 5) is 20.7. The van der Waals surface area contributed by atoms with Crippen molar-refractivity contribution in [3.8, 4) is 0 Å². The summed E-state index contributed by atoms with van der Waals surface area (Å²) in [6.45, 7) is 5.88. The lowest BCUT2D eigenvalue weighted by Crippen LogP contribution is -2.23. The molecule has 0 aliphatic rings. The largest absolute Gasteiger partial charge is 0.412 e. The zero-order chi connectivity index (χ0) is 12.6. The minimum Gasteiger partial charge on any atom is -0.412 e. The van der Waals surface area contributed by atoms with Crippen molar-refractivity contribution >= 4 is 22.8 Å². The van der Waals surface area contributed by atoms with Gasteiger partial charge in [0, 0.05) is 23.7 Å². The van der Waals surface area contributed by atoms with Gasteiger partial charge in [0.15, 0.2) is 5.16 Å². The Morgan fingerprint density at radius 2 is 1.95 bits per heavy atom. The molecule has 4 N–H and O–H groups in total. The minimum absolute atomic E-state index is 0. The van der Waals surface area contributed by atoms with Crippen LogP contribution in [0.5, 0.6) is 0 Å². The number of hydrogen-bond acceptors (Lipinski definition) is 4. The molecule has 0 unspecified atom stereocenters. The van der Waals surface area contributed by atoms with Crippen LogP contribution in [0.25, 0.3) is 11.0 Å². The van der Waals surface area contributed by atoms with Crippen molar-refractivity contribution in [3.05, 3.63) is 28.2 Å². The summed E-state index contributed by atoms with van der Waals surface area (Å²) < 4.78 is 1.71. The molecule has 0 aliphatic carbocycles. The number of thioether (sulfide) groups is 1. The Morgan fingerprint density at radius 1 is 1.32 bits per heavy atom. The molecule has 2 aromatic heterocycles. The highest BCUT2D eigenvalue weighted by Crippen LogP contribution is 2.19. The Labute approximate surface area is 115 Å². The molecule has 2 rings (SSSR count). The molecule has 0 radical (unpaired) electrons. The summed E-state index contributed by atoms with van der Waals surface area (Å²) in [5.41, 5.74) is 1.65. The van der Waals surface area contributed by atoms with Gasteiger partial charge in [0.25, 0.3) is 5.56 Å².